The van der Waals surface area contributed by atoms with E-state index in [-0.39, 0.29) is 24.0 Å². The Balaban J connectivity index is 0.00000385. The molecule has 1 atom stereocenters. The predicted molar refractivity (Wildman–Crippen MR) is 146 cm³/mol. The van der Waals surface area contributed by atoms with Crippen LogP contribution in [0.2, 0.25) is 0 Å². The largest absolute Gasteiger partial charge is 0.497 e. The highest BCUT2D eigenvalue weighted by Crippen LogP contribution is 2.24. The van der Waals surface area contributed by atoms with Gasteiger partial charge in [0.2, 0.25) is 0 Å². The van der Waals surface area contributed by atoms with Gasteiger partial charge in [0.15, 0.2) is 5.96 Å². The lowest BCUT2D eigenvalue weighted by Gasteiger charge is -2.19. The molecule has 0 saturated carbocycles. The SMILES string of the molecule is CN=C(NCc1ccc(CN(C)C)cc1)NC1CCN(Cc2cc(OC)cc(OC)c2)C1.I. The quantitative estimate of drug-likeness (QED) is 0.276. The van der Waals surface area contributed by atoms with E-state index in [1.165, 1.54) is 16.7 Å². The van der Waals surface area contributed by atoms with Crippen LogP contribution in [-0.4, -0.2) is 70.3 Å². The molecule has 1 unspecified atom stereocenters. The highest BCUT2D eigenvalue weighted by molar-refractivity contribution is 14.0. The molecule has 2 aromatic rings. The second kappa shape index (κ2) is 13.6. The molecule has 0 aliphatic carbocycles. The van der Waals surface area contributed by atoms with Gasteiger partial charge in [0, 0.05) is 51.9 Å². The first-order chi connectivity index (χ1) is 15.5. The minimum absolute atomic E-state index is 0. The number of rotatable bonds is 9. The van der Waals surface area contributed by atoms with Crippen molar-refractivity contribution in [2.24, 2.45) is 4.99 Å². The molecule has 0 bridgehead atoms. The number of methoxy groups -OCH3 is 2. The number of halogens is 1. The number of guanidine groups is 1. The van der Waals surface area contributed by atoms with Gasteiger partial charge in [-0.3, -0.25) is 9.89 Å². The van der Waals surface area contributed by atoms with E-state index in [1.807, 2.05) is 13.1 Å². The Morgan fingerprint density at radius 2 is 1.67 bits per heavy atom. The smallest absolute Gasteiger partial charge is 0.191 e. The second-order valence-corrected chi connectivity index (χ2v) is 8.57. The van der Waals surface area contributed by atoms with Crippen LogP contribution in [0.4, 0.5) is 0 Å². The van der Waals surface area contributed by atoms with Crippen LogP contribution < -0.4 is 20.1 Å². The molecule has 7 nitrogen and oxygen atoms in total. The van der Waals surface area contributed by atoms with E-state index in [4.69, 9.17) is 9.47 Å². The van der Waals surface area contributed by atoms with Crippen molar-refractivity contribution in [2.75, 3.05) is 48.5 Å². The van der Waals surface area contributed by atoms with E-state index in [2.05, 4.69) is 75.9 Å². The van der Waals surface area contributed by atoms with Crippen LogP contribution in [0.5, 0.6) is 11.5 Å². The predicted octanol–water partition coefficient (Wildman–Crippen LogP) is 3.32. The van der Waals surface area contributed by atoms with Gasteiger partial charge in [-0.15, -0.1) is 24.0 Å². The molecule has 3 rings (SSSR count). The van der Waals surface area contributed by atoms with E-state index in [0.717, 1.165) is 56.6 Å². The van der Waals surface area contributed by atoms with Crippen molar-refractivity contribution >= 4 is 29.9 Å². The van der Waals surface area contributed by atoms with E-state index in [1.54, 1.807) is 14.2 Å². The molecule has 1 aliphatic heterocycles. The number of hydrogen-bond acceptors (Lipinski definition) is 5. The first kappa shape index (κ1) is 27.2. The maximum absolute atomic E-state index is 5.40. The Labute approximate surface area is 215 Å². The summed E-state index contributed by atoms with van der Waals surface area (Å²) in [6.07, 6.45) is 1.08. The van der Waals surface area contributed by atoms with Crippen molar-refractivity contribution in [1.82, 2.24) is 20.4 Å². The molecule has 8 heteroatoms. The number of hydrogen-bond donors (Lipinski definition) is 2. The number of benzene rings is 2. The van der Waals surface area contributed by atoms with Crippen molar-refractivity contribution in [3.8, 4) is 11.5 Å². The van der Waals surface area contributed by atoms with Crippen LogP contribution in [0.25, 0.3) is 0 Å². The molecule has 33 heavy (non-hydrogen) atoms. The maximum atomic E-state index is 5.40. The summed E-state index contributed by atoms with van der Waals surface area (Å²) >= 11 is 0. The summed E-state index contributed by atoms with van der Waals surface area (Å²) in [5, 5.41) is 7.02. The maximum Gasteiger partial charge on any atom is 0.191 e. The Hall–Kier alpha value is -2.04. The first-order valence-corrected chi connectivity index (χ1v) is 11.1. The Kier molecular flexibility index (Phi) is 11.2. The molecule has 1 fully saturated rings. The van der Waals surface area contributed by atoms with Crippen molar-refractivity contribution in [2.45, 2.75) is 32.1 Å². The minimum Gasteiger partial charge on any atom is -0.497 e. The normalized spacial score (nSPS) is 16.4. The molecule has 2 aromatic carbocycles. The number of nitrogens with zero attached hydrogens (tertiary/aromatic N) is 3. The second-order valence-electron chi connectivity index (χ2n) is 8.57. The van der Waals surface area contributed by atoms with Crippen LogP contribution in [-0.2, 0) is 19.6 Å². The fraction of sp³-hybridized carbons (Fsp3) is 0.480. The average Bonchev–Trinajstić information content (AvgIpc) is 3.23. The summed E-state index contributed by atoms with van der Waals surface area (Å²) in [6.45, 7) is 4.59. The van der Waals surface area contributed by atoms with Gasteiger partial charge in [-0.25, -0.2) is 0 Å². The fourth-order valence-corrected chi connectivity index (χ4v) is 4.01. The summed E-state index contributed by atoms with van der Waals surface area (Å²) in [6, 6.07) is 15.2. The van der Waals surface area contributed by atoms with Gasteiger partial charge in [0.05, 0.1) is 14.2 Å². The van der Waals surface area contributed by atoms with Gasteiger partial charge >= 0.3 is 0 Å². The van der Waals surface area contributed by atoms with Crippen molar-refractivity contribution in [3.05, 3.63) is 59.2 Å². The number of ether oxygens (including phenoxy) is 2. The van der Waals surface area contributed by atoms with Crippen LogP contribution in [0.3, 0.4) is 0 Å². The number of likely N-dealkylation sites (tertiary alicyclic amines) is 1. The molecule has 1 saturated heterocycles. The molecular weight excluding hydrogens is 529 g/mol. The molecule has 2 N–H and O–H groups in total. The summed E-state index contributed by atoms with van der Waals surface area (Å²) in [4.78, 5) is 9.04. The first-order valence-electron chi connectivity index (χ1n) is 11.1. The van der Waals surface area contributed by atoms with Gasteiger partial charge in [-0.2, -0.15) is 0 Å². The number of nitrogens with one attached hydrogen (secondary N) is 2. The Bertz CT molecular complexity index is 867. The van der Waals surface area contributed by atoms with Crippen LogP contribution in [0.15, 0.2) is 47.5 Å². The Morgan fingerprint density at radius 1 is 1.03 bits per heavy atom. The van der Waals surface area contributed by atoms with Crippen molar-refractivity contribution in [3.63, 3.8) is 0 Å². The summed E-state index contributed by atoms with van der Waals surface area (Å²) in [7, 11) is 9.37. The van der Waals surface area contributed by atoms with Gasteiger partial charge < -0.3 is 25.0 Å². The molecule has 1 heterocycles. The molecule has 0 radical (unpaired) electrons. The molecular formula is C25H38IN5O2. The van der Waals surface area contributed by atoms with Crippen LogP contribution in [0, 0.1) is 0 Å². The third kappa shape index (κ3) is 8.68. The van der Waals surface area contributed by atoms with Gasteiger partial charge in [-0.1, -0.05) is 24.3 Å². The summed E-state index contributed by atoms with van der Waals surface area (Å²) in [5.74, 6) is 2.50. The van der Waals surface area contributed by atoms with Crippen molar-refractivity contribution < 1.29 is 9.47 Å². The third-order valence-corrected chi connectivity index (χ3v) is 5.64. The zero-order valence-electron chi connectivity index (χ0n) is 20.4. The van der Waals surface area contributed by atoms with Gasteiger partial charge in [0.1, 0.15) is 11.5 Å². The zero-order chi connectivity index (χ0) is 22.9. The van der Waals surface area contributed by atoms with E-state index >= 15 is 0 Å². The van der Waals surface area contributed by atoms with E-state index in [0.29, 0.717) is 6.04 Å². The third-order valence-electron chi connectivity index (χ3n) is 5.64. The van der Waals surface area contributed by atoms with Crippen LogP contribution in [0.1, 0.15) is 23.1 Å². The molecule has 182 valence electrons. The highest BCUT2D eigenvalue weighted by atomic mass is 127. The molecule has 1 aliphatic rings. The number of aliphatic imine (C=N–C) groups is 1. The Morgan fingerprint density at radius 3 is 2.24 bits per heavy atom. The lowest BCUT2D eigenvalue weighted by Crippen LogP contribution is -2.44. The molecule has 0 amide bonds. The summed E-state index contributed by atoms with van der Waals surface area (Å²) < 4.78 is 10.8. The summed E-state index contributed by atoms with van der Waals surface area (Å²) in [5.41, 5.74) is 3.76. The van der Waals surface area contributed by atoms with E-state index in [9.17, 15) is 0 Å². The van der Waals surface area contributed by atoms with Gasteiger partial charge in [0.25, 0.3) is 0 Å². The molecule has 0 spiro atoms. The standard InChI is InChI=1S/C25H37N5O2.HI/c1-26-25(27-15-19-6-8-20(9-7-19)16-29(2)3)28-22-10-11-30(18-22)17-21-12-23(31-4)14-24(13-21)32-5;/h6-9,12-14,22H,10-11,15-18H2,1-5H3,(H2,26,27,28);1H. The minimum atomic E-state index is 0. The fourth-order valence-electron chi connectivity index (χ4n) is 4.01. The van der Waals surface area contributed by atoms with E-state index < -0.39 is 0 Å². The van der Waals surface area contributed by atoms with Crippen molar-refractivity contribution in [1.29, 1.82) is 0 Å². The van der Waals surface area contributed by atoms with Crippen LogP contribution >= 0.6 is 24.0 Å². The molecule has 0 aromatic heterocycles. The van der Waals surface area contributed by atoms with Gasteiger partial charge in [-0.05, 0) is 49.3 Å². The lowest BCUT2D eigenvalue weighted by molar-refractivity contribution is 0.321. The zero-order valence-corrected chi connectivity index (χ0v) is 22.8. The highest BCUT2D eigenvalue weighted by Gasteiger charge is 2.23. The monoisotopic (exact) mass is 567 g/mol. The topological polar surface area (TPSA) is 61.4 Å². The average molecular weight is 568 g/mol. The lowest BCUT2D eigenvalue weighted by atomic mass is 10.1.